The normalized spacial score (nSPS) is 30.3. The second-order valence-electron chi connectivity index (χ2n) is 5.20. The highest BCUT2D eigenvalue weighted by Gasteiger charge is 2.32. The maximum atomic E-state index is 10.4. The van der Waals surface area contributed by atoms with Crippen molar-refractivity contribution in [1.82, 2.24) is 5.32 Å². The van der Waals surface area contributed by atoms with E-state index in [0.29, 0.717) is 12.5 Å². The number of aliphatic imine (C=N–C) groups is 1. The summed E-state index contributed by atoms with van der Waals surface area (Å²) in [7, 11) is 0. The van der Waals surface area contributed by atoms with Crippen LogP contribution < -0.4 is 11.1 Å². The molecule has 1 rings (SSSR count). The van der Waals surface area contributed by atoms with E-state index in [1.54, 1.807) is 0 Å². The maximum Gasteiger partial charge on any atom is 0.188 e. The summed E-state index contributed by atoms with van der Waals surface area (Å²) in [4.78, 5) is 4.24. The van der Waals surface area contributed by atoms with Gasteiger partial charge in [0.25, 0.3) is 0 Å². The maximum absolute atomic E-state index is 10.4. The fourth-order valence-corrected chi connectivity index (χ4v) is 2.32. The Hall–Kier alpha value is -0.770. The van der Waals surface area contributed by atoms with Crippen LogP contribution in [0, 0.1) is 5.92 Å². The summed E-state index contributed by atoms with van der Waals surface area (Å²) in [6.07, 6.45) is 6.19. The summed E-state index contributed by atoms with van der Waals surface area (Å²) in [5.74, 6) is 1.24. The Morgan fingerprint density at radius 3 is 2.59 bits per heavy atom. The first kappa shape index (κ1) is 14.3. The van der Waals surface area contributed by atoms with E-state index in [9.17, 15) is 5.11 Å². The van der Waals surface area contributed by atoms with Crippen molar-refractivity contribution in [2.24, 2.45) is 16.6 Å². The molecule has 0 aliphatic heterocycles. The van der Waals surface area contributed by atoms with Gasteiger partial charge in [0, 0.05) is 6.54 Å². The van der Waals surface area contributed by atoms with E-state index in [1.807, 2.05) is 0 Å². The minimum absolute atomic E-state index is 0.436. The van der Waals surface area contributed by atoms with Crippen molar-refractivity contribution in [2.45, 2.75) is 58.0 Å². The van der Waals surface area contributed by atoms with Gasteiger partial charge < -0.3 is 16.2 Å². The third kappa shape index (κ3) is 4.94. The van der Waals surface area contributed by atoms with Crippen molar-refractivity contribution in [1.29, 1.82) is 0 Å². The number of rotatable bonds is 5. The van der Waals surface area contributed by atoms with E-state index in [0.717, 1.165) is 44.6 Å². The molecular weight excluding hydrogens is 214 g/mol. The smallest absolute Gasteiger partial charge is 0.188 e. The minimum atomic E-state index is -0.621. The number of nitrogens with two attached hydrogens (primary N) is 1. The van der Waals surface area contributed by atoms with Crippen molar-refractivity contribution < 1.29 is 5.11 Å². The summed E-state index contributed by atoms with van der Waals surface area (Å²) in [6.45, 7) is 5.58. The summed E-state index contributed by atoms with van der Waals surface area (Å²) < 4.78 is 0. The van der Waals surface area contributed by atoms with Gasteiger partial charge in [-0.2, -0.15) is 0 Å². The lowest BCUT2D eigenvalue weighted by Gasteiger charge is -2.34. The molecule has 17 heavy (non-hydrogen) atoms. The van der Waals surface area contributed by atoms with Crippen molar-refractivity contribution in [2.75, 3.05) is 13.1 Å². The summed E-state index contributed by atoms with van der Waals surface area (Å²) in [5, 5.41) is 13.4. The van der Waals surface area contributed by atoms with Crippen LogP contribution in [-0.2, 0) is 0 Å². The molecule has 4 heteroatoms. The summed E-state index contributed by atoms with van der Waals surface area (Å²) in [6, 6.07) is 0. The highest BCUT2D eigenvalue weighted by Crippen LogP contribution is 2.33. The first-order valence-electron chi connectivity index (χ1n) is 6.86. The van der Waals surface area contributed by atoms with Gasteiger partial charge in [-0.25, -0.2) is 0 Å². The number of aliphatic hydroxyl groups is 1. The second kappa shape index (κ2) is 6.84. The molecule has 0 unspecified atom stereocenters. The van der Waals surface area contributed by atoms with E-state index in [-0.39, 0.29) is 0 Å². The predicted octanol–water partition coefficient (Wildman–Crippen LogP) is 1.63. The van der Waals surface area contributed by atoms with Gasteiger partial charge in [-0.3, -0.25) is 4.99 Å². The molecule has 0 radical (unpaired) electrons. The Morgan fingerprint density at radius 1 is 1.41 bits per heavy atom. The molecule has 0 spiro atoms. The third-order valence-electron chi connectivity index (χ3n) is 3.71. The van der Waals surface area contributed by atoms with Crippen molar-refractivity contribution >= 4 is 5.96 Å². The standard InChI is InChI=1S/C13H27N3O/c1-3-9-15-12(14)16-10-13(17)7-5-11(4-2)6-8-13/h11,17H,3-10H2,1-2H3,(H3,14,15,16). The second-order valence-corrected chi connectivity index (χ2v) is 5.20. The van der Waals surface area contributed by atoms with Gasteiger partial charge >= 0.3 is 0 Å². The first-order valence-corrected chi connectivity index (χ1v) is 6.86. The average Bonchev–Trinajstić information content (AvgIpc) is 2.35. The van der Waals surface area contributed by atoms with Crippen molar-refractivity contribution in [3.8, 4) is 0 Å². The molecule has 0 bridgehead atoms. The van der Waals surface area contributed by atoms with Crippen LogP contribution in [0.15, 0.2) is 4.99 Å². The zero-order valence-corrected chi connectivity index (χ0v) is 11.2. The van der Waals surface area contributed by atoms with Gasteiger partial charge in [-0.1, -0.05) is 20.3 Å². The Balaban J connectivity index is 2.35. The highest BCUT2D eigenvalue weighted by atomic mass is 16.3. The van der Waals surface area contributed by atoms with E-state index >= 15 is 0 Å². The van der Waals surface area contributed by atoms with Gasteiger partial charge in [-0.15, -0.1) is 0 Å². The number of hydrogen-bond acceptors (Lipinski definition) is 2. The SMILES string of the molecule is CCCNC(N)=NCC1(O)CCC(CC)CC1. The van der Waals surface area contributed by atoms with Crippen LogP contribution in [0.3, 0.4) is 0 Å². The Labute approximate surface area is 105 Å². The Bertz CT molecular complexity index is 245. The Kier molecular flexibility index (Phi) is 5.75. The molecule has 4 N–H and O–H groups in total. The molecule has 0 amide bonds. The van der Waals surface area contributed by atoms with Crippen LogP contribution in [0.4, 0.5) is 0 Å². The summed E-state index contributed by atoms with van der Waals surface area (Å²) >= 11 is 0. The first-order chi connectivity index (χ1) is 8.09. The fourth-order valence-electron chi connectivity index (χ4n) is 2.32. The highest BCUT2D eigenvalue weighted by molar-refractivity contribution is 5.77. The van der Waals surface area contributed by atoms with Crippen LogP contribution in [0.1, 0.15) is 52.4 Å². The average molecular weight is 241 g/mol. The quantitative estimate of drug-likeness (QED) is 0.506. The number of nitrogens with one attached hydrogen (secondary N) is 1. The van der Waals surface area contributed by atoms with Gasteiger partial charge in [0.1, 0.15) is 0 Å². The lowest BCUT2D eigenvalue weighted by Crippen LogP contribution is -2.39. The number of nitrogens with zero attached hydrogens (tertiary/aromatic N) is 1. The number of guanidine groups is 1. The lowest BCUT2D eigenvalue weighted by molar-refractivity contribution is -0.000986. The third-order valence-corrected chi connectivity index (χ3v) is 3.71. The molecule has 0 saturated heterocycles. The molecule has 1 saturated carbocycles. The van der Waals surface area contributed by atoms with E-state index in [4.69, 9.17) is 5.73 Å². The van der Waals surface area contributed by atoms with Crippen LogP contribution in [0.25, 0.3) is 0 Å². The van der Waals surface area contributed by atoms with E-state index in [2.05, 4.69) is 24.2 Å². The van der Waals surface area contributed by atoms with Gasteiger partial charge in [0.2, 0.25) is 0 Å². The number of hydrogen-bond donors (Lipinski definition) is 3. The van der Waals surface area contributed by atoms with Crippen LogP contribution in [-0.4, -0.2) is 29.8 Å². The molecule has 1 aliphatic carbocycles. The molecule has 4 nitrogen and oxygen atoms in total. The molecule has 0 heterocycles. The molecule has 0 atom stereocenters. The molecule has 0 aromatic rings. The monoisotopic (exact) mass is 241 g/mol. The van der Waals surface area contributed by atoms with Crippen molar-refractivity contribution in [3.63, 3.8) is 0 Å². The predicted molar refractivity (Wildman–Crippen MR) is 72.0 cm³/mol. The van der Waals surface area contributed by atoms with Crippen molar-refractivity contribution in [3.05, 3.63) is 0 Å². The molecular formula is C13H27N3O. The van der Waals surface area contributed by atoms with Crippen LogP contribution >= 0.6 is 0 Å². The van der Waals surface area contributed by atoms with Crippen LogP contribution in [0.2, 0.25) is 0 Å². The van der Waals surface area contributed by atoms with Gasteiger partial charge in [0.05, 0.1) is 12.1 Å². The molecule has 1 fully saturated rings. The minimum Gasteiger partial charge on any atom is -0.388 e. The lowest BCUT2D eigenvalue weighted by atomic mass is 9.78. The zero-order chi connectivity index (χ0) is 12.7. The molecule has 0 aromatic carbocycles. The molecule has 100 valence electrons. The fraction of sp³-hybridized carbons (Fsp3) is 0.923. The Morgan fingerprint density at radius 2 is 2.06 bits per heavy atom. The molecule has 0 aromatic heterocycles. The van der Waals surface area contributed by atoms with E-state index < -0.39 is 5.60 Å². The largest absolute Gasteiger partial charge is 0.388 e. The zero-order valence-electron chi connectivity index (χ0n) is 11.2. The van der Waals surface area contributed by atoms with Gasteiger partial charge in [-0.05, 0) is 38.0 Å². The van der Waals surface area contributed by atoms with Gasteiger partial charge in [0.15, 0.2) is 5.96 Å². The summed E-state index contributed by atoms with van der Waals surface area (Å²) in [5.41, 5.74) is 5.10. The molecule has 1 aliphatic rings. The topological polar surface area (TPSA) is 70.6 Å². The van der Waals surface area contributed by atoms with Crippen LogP contribution in [0.5, 0.6) is 0 Å². The van der Waals surface area contributed by atoms with E-state index in [1.165, 1.54) is 6.42 Å².